The molecule has 0 aromatic carbocycles. The van der Waals surface area contributed by atoms with Gasteiger partial charge in [0.15, 0.2) is 0 Å². The summed E-state index contributed by atoms with van der Waals surface area (Å²) < 4.78 is 6.36. The van der Waals surface area contributed by atoms with Crippen molar-refractivity contribution in [2.45, 2.75) is 0 Å². The average molecular weight is 189 g/mol. The van der Waals surface area contributed by atoms with Gasteiger partial charge in [0.25, 0.3) is 6.47 Å². The summed E-state index contributed by atoms with van der Waals surface area (Å²) in [6, 6.07) is 3.40. The van der Waals surface area contributed by atoms with Crippen molar-refractivity contribution in [1.82, 2.24) is 14.5 Å². The minimum atomic E-state index is 0.369. The molecule has 2 aromatic rings. The van der Waals surface area contributed by atoms with Crippen molar-refractivity contribution in [2.24, 2.45) is 0 Å². The van der Waals surface area contributed by atoms with Crippen molar-refractivity contribution < 1.29 is 9.53 Å². The summed E-state index contributed by atoms with van der Waals surface area (Å²) in [5.74, 6) is 1.14. The normalized spacial score (nSPS) is 9.71. The highest BCUT2D eigenvalue weighted by molar-refractivity contribution is 5.44. The van der Waals surface area contributed by atoms with Crippen LogP contribution in [0.2, 0.25) is 0 Å². The van der Waals surface area contributed by atoms with Crippen LogP contribution in [-0.2, 0) is 4.79 Å². The van der Waals surface area contributed by atoms with Gasteiger partial charge in [0.2, 0.25) is 0 Å². The number of hydrogen-bond acceptors (Lipinski definition) is 4. The zero-order valence-electron chi connectivity index (χ0n) is 7.20. The Labute approximate surface area is 80.0 Å². The zero-order chi connectivity index (χ0) is 9.80. The molecule has 5 nitrogen and oxygen atoms in total. The Kier molecular flexibility index (Phi) is 2.22. The van der Waals surface area contributed by atoms with Crippen LogP contribution in [0.4, 0.5) is 0 Å². The Morgan fingerprint density at radius 3 is 2.93 bits per heavy atom. The van der Waals surface area contributed by atoms with Crippen molar-refractivity contribution in [2.75, 3.05) is 0 Å². The molecule has 0 aliphatic rings. The molecular weight excluding hydrogens is 182 g/mol. The molecule has 70 valence electrons. The third kappa shape index (κ3) is 1.61. The van der Waals surface area contributed by atoms with Crippen LogP contribution in [0.5, 0.6) is 5.75 Å². The van der Waals surface area contributed by atoms with Crippen molar-refractivity contribution in [3.05, 3.63) is 37.1 Å². The van der Waals surface area contributed by atoms with Crippen LogP contribution in [0.3, 0.4) is 0 Å². The van der Waals surface area contributed by atoms with E-state index >= 15 is 0 Å². The van der Waals surface area contributed by atoms with Gasteiger partial charge in [0.05, 0.1) is 6.20 Å². The van der Waals surface area contributed by atoms with E-state index in [-0.39, 0.29) is 0 Å². The molecule has 0 unspecified atom stereocenters. The zero-order valence-corrected chi connectivity index (χ0v) is 7.20. The molecule has 5 heteroatoms. The van der Waals surface area contributed by atoms with Crippen LogP contribution in [0.15, 0.2) is 37.1 Å². The van der Waals surface area contributed by atoms with E-state index in [1.54, 1.807) is 35.4 Å². The van der Waals surface area contributed by atoms with Gasteiger partial charge >= 0.3 is 0 Å². The van der Waals surface area contributed by atoms with Crippen LogP contribution in [0, 0.1) is 0 Å². The number of pyridine rings is 1. The molecule has 2 heterocycles. The Balaban J connectivity index is 2.26. The lowest BCUT2D eigenvalue weighted by atomic mass is 10.4. The number of imidazole rings is 1. The highest BCUT2D eigenvalue weighted by Gasteiger charge is 1.97. The molecule has 0 aliphatic heterocycles. The fourth-order valence-corrected chi connectivity index (χ4v) is 1.05. The van der Waals surface area contributed by atoms with E-state index < -0.39 is 0 Å². The van der Waals surface area contributed by atoms with Crippen molar-refractivity contribution >= 4 is 6.47 Å². The number of carbonyl (C=O) groups is 1. The van der Waals surface area contributed by atoms with E-state index in [0.29, 0.717) is 12.2 Å². The predicted molar refractivity (Wildman–Crippen MR) is 48.1 cm³/mol. The van der Waals surface area contributed by atoms with Crippen LogP contribution < -0.4 is 4.74 Å². The first-order chi connectivity index (χ1) is 6.90. The monoisotopic (exact) mass is 189 g/mol. The van der Waals surface area contributed by atoms with Gasteiger partial charge in [0, 0.05) is 12.4 Å². The second-order valence-corrected chi connectivity index (χ2v) is 2.54. The molecule has 0 radical (unpaired) electrons. The van der Waals surface area contributed by atoms with Gasteiger partial charge in [-0.3, -0.25) is 9.36 Å². The van der Waals surface area contributed by atoms with Gasteiger partial charge in [0.1, 0.15) is 17.9 Å². The van der Waals surface area contributed by atoms with Crippen LogP contribution in [0.25, 0.3) is 5.82 Å². The molecule has 2 rings (SSSR count). The molecule has 0 fully saturated rings. The van der Waals surface area contributed by atoms with Crippen LogP contribution in [-0.4, -0.2) is 21.0 Å². The minimum absolute atomic E-state index is 0.369. The summed E-state index contributed by atoms with van der Waals surface area (Å²) in [5.41, 5.74) is 0. The first-order valence-electron chi connectivity index (χ1n) is 3.95. The molecule has 0 saturated carbocycles. The van der Waals surface area contributed by atoms with Crippen LogP contribution >= 0.6 is 0 Å². The molecule has 0 spiro atoms. The highest BCUT2D eigenvalue weighted by atomic mass is 16.5. The quantitative estimate of drug-likeness (QED) is 0.670. The first kappa shape index (κ1) is 8.43. The molecule has 0 N–H and O–H groups in total. The summed E-state index contributed by atoms with van der Waals surface area (Å²) in [6.07, 6.45) is 6.56. The van der Waals surface area contributed by atoms with E-state index in [1.807, 2.05) is 0 Å². The average Bonchev–Trinajstić information content (AvgIpc) is 2.72. The Bertz CT molecular complexity index is 408. The maximum Gasteiger partial charge on any atom is 0.298 e. The fraction of sp³-hybridized carbons (Fsp3) is 0. The number of carbonyl (C=O) groups excluding carboxylic acids is 1. The Morgan fingerprint density at radius 1 is 1.43 bits per heavy atom. The second kappa shape index (κ2) is 3.69. The van der Waals surface area contributed by atoms with Gasteiger partial charge < -0.3 is 4.74 Å². The topological polar surface area (TPSA) is 57.0 Å². The van der Waals surface area contributed by atoms with Gasteiger partial charge in [-0.15, -0.1) is 0 Å². The van der Waals surface area contributed by atoms with Gasteiger partial charge in [-0.25, -0.2) is 9.97 Å². The predicted octanol–water partition coefficient (Wildman–Crippen LogP) is 0.802. The van der Waals surface area contributed by atoms with E-state index in [1.165, 1.54) is 6.20 Å². The van der Waals surface area contributed by atoms with Crippen molar-refractivity contribution in [3.63, 3.8) is 0 Å². The van der Waals surface area contributed by atoms with E-state index in [4.69, 9.17) is 0 Å². The van der Waals surface area contributed by atoms with Crippen LogP contribution in [0.1, 0.15) is 0 Å². The lowest BCUT2D eigenvalue weighted by Crippen LogP contribution is -1.95. The lowest BCUT2D eigenvalue weighted by Gasteiger charge is -2.01. The number of ether oxygens (including phenoxy) is 1. The summed E-state index contributed by atoms with van der Waals surface area (Å²) in [6.45, 7) is 0.369. The summed E-state index contributed by atoms with van der Waals surface area (Å²) in [4.78, 5) is 18.0. The SMILES string of the molecule is O=COc1ccc(-n2ccnc2)nc1. The summed E-state index contributed by atoms with van der Waals surface area (Å²) in [7, 11) is 0. The second-order valence-electron chi connectivity index (χ2n) is 2.54. The standard InChI is InChI=1S/C9H7N3O2/c13-7-14-8-1-2-9(11-5-8)12-4-3-10-6-12/h1-7H. The molecule has 0 aliphatic carbocycles. The summed E-state index contributed by atoms with van der Waals surface area (Å²) >= 11 is 0. The number of aromatic nitrogens is 3. The fourth-order valence-electron chi connectivity index (χ4n) is 1.05. The molecule has 14 heavy (non-hydrogen) atoms. The van der Waals surface area contributed by atoms with Gasteiger partial charge in [-0.2, -0.15) is 0 Å². The molecule has 2 aromatic heterocycles. The van der Waals surface area contributed by atoms with Gasteiger partial charge in [-0.1, -0.05) is 0 Å². The smallest absolute Gasteiger partial charge is 0.298 e. The maximum absolute atomic E-state index is 10.0. The number of rotatable bonds is 3. The Morgan fingerprint density at radius 2 is 2.36 bits per heavy atom. The number of nitrogens with zero attached hydrogens (tertiary/aromatic N) is 3. The highest BCUT2D eigenvalue weighted by Crippen LogP contribution is 2.10. The number of hydrogen-bond donors (Lipinski definition) is 0. The summed E-state index contributed by atoms with van der Waals surface area (Å²) in [5, 5.41) is 0. The van der Waals surface area contributed by atoms with E-state index in [2.05, 4.69) is 14.7 Å². The molecule has 0 saturated heterocycles. The maximum atomic E-state index is 10.0. The largest absolute Gasteiger partial charge is 0.427 e. The first-order valence-corrected chi connectivity index (χ1v) is 3.95. The lowest BCUT2D eigenvalue weighted by molar-refractivity contribution is -0.120. The minimum Gasteiger partial charge on any atom is -0.427 e. The van der Waals surface area contributed by atoms with E-state index in [0.717, 1.165) is 5.82 Å². The molecule has 0 amide bonds. The van der Waals surface area contributed by atoms with Crippen molar-refractivity contribution in [1.29, 1.82) is 0 Å². The molecule has 0 atom stereocenters. The third-order valence-corrected chi connectivity index (χ3v) is 1.67. The third-order valence-electron chi connectivity index (χ3n) is 1.67. The van der Waals surface area contributed by atoms with E-state index in [9.17, 15) is 4.79 Å². The van der Waals surface area contributed by atoms with Crippen molar-refractivity contribution in [3.8, 4) is 11.6 Å². The molecule has 0 bridgehead atoms. The van der Waals surface area contributed by atoms with Gasteiger partial charge in [-0.05, 0) is 12.1 Å². The Hall–Kier alpha value is -2.17. The molecular formula is C9H7N3O2.